The number of carboxylic acids is 1. The van der Waals surface area contributed by atoms with E-state index in [1.165, 1.54) is 0 Å². The van der Waals surface area contributed by atoms with Crippen LogP contribution in [0, 0.1) is 5.92 Å². The maximum atomic E-state index is 10.7. The molecule has 17 heavy (non-hydrogen) atoms. The number of fused-ring (bicyclic) bond motifs is 2. The van der Waals surface area contributed by atoms with E-state index in [0.29, 0.717) is 18.6 Å². The van der Waals surface area contributed by atoms with Crippen LogP contribution < -0.4 is 0 Å². The van der Waals surface area contributed by atoms with Crippen molar-refractivity contribution in [3.05, 3.63) is 0 Å². The van der Waals surface area contributed by atoms with E-state index in [9.17, 15) is 9.90 Å². The first kappa shape index (κ1) is 12.8. The van der Waals surface area contributed by atoms with Crippen LogP contribution in [0.4, 0.5) is 0 Å². The van der Waals surface area contributed by atoms with Crippen LogP contribution in [0.1, 0.15) is 32.1 Å². The van der Waals surface area contributed by atoms with Gasteiger partial charge in [0.25, 0.3) is 0 Å². The van der Waals surface area contributed by atoms with E-state index in [-0.39, 0.29) is 18.9 Å². The zero-order valence-corrected chi connectivity index (χ0v) is 9.96. The molecule has 0 saturated carbocycles. The molecular formula is C12H21NO4. The minimum absolute atomic E-state index is 0.200. The molecule has 2 rings (SSSR count). The Labute approximate surface area is 101 Å². The fraction of sp³-hybridized carbons (Fsp3) is 0.917. The molecule has 0 aliphatic carbocycles. The molecule has 5 nitrogen and oxygen atoms in total. The topological polar surface area (TPSA) is 81.0 Å². The molecule has 3 atom stereocenters. The summed E-state index contributed by atoms with van der Waals surface area (Å²) in [6, 6.07) is 0.804. The average Bonchev–Trinajstić information content (AvgIpc) is 2.50. The van der Waals surface area contributed by atoms with Crippen molar-refractivity contribution in [2.24, 2.45) is 5.92 Å². The summed E-state index contributed by atoms with van der Waals surface area (Å²) in [5, 5.41) is 27.2. The lowest BCUT2D eigenvalue weighted by Gasteiger charge is -2.39. The van der Waals surface area contributed by atoms with Gasteiger partial charge in [0.2, 0.25) is 0 Å². The van der Waals surface area contributed by atoms with Gasteiger partial charge in [0, 0.05) is 25.0 Å². The summed E-state index contributed by atoms with van der Waals surface area (Å²) in [7, 11) is 0. The zero-order valence-electron chi connectivity index (χ0n) is 9.96. The molecule has 2 fully saturated rings. The molecule has 0 amide bonds. The second-order valence-corrected chi connectivity index (χ2v) is 5.35. The van der Waals surface area contributed by atoms with Crippen LogP contribution >= 0.6 is 0 Å². The number of hydrogen-bond acceptors (Lipinski definition) is 4. The van der Waals surface area contributed by atoms with E-state index >= 15 is 0 Å². The third kappa shape index (κ3) is 2.97. The Morgan fingerprint density at radius 3 is 2.35 bits per heavy atom. The van der Waals surface area contributed by atoms with E-state index in [1.54, 1.807) is 0 Å². The molecule has 5 heteroatoms. The minimum atomic E-state index is -0.710. The van der Waals surface area contributed by atoms with Gasteiger partial charge in [-0.25, -0.2) is 0 Å². The molecule has 2 aliphatic rings. The fourth-order valence-electron chi connectivity index (χ4n) is 3.40. The molecular weight excluding hydrogens is 222 g/mol. The lowest BCUT2D eigenvalue weighted by atomic mass is 9.88. The van der Waals surface area contributed by atoms with E-state index in [0.717, 1.165) is 25.7 Å². The first-order chi connectivity index (χ1) is 8.10. The van der Waals surface area contributed by atoms with Crippen LogP contribution in [0.3, 0.4) is 0 Å². The van der Waals surface area contributed by atoms with Crippen molar-refractivity contribution < 1.29 is 20.1 Å². The molecule has 98 valence electrons. The smallest absolute Gasteiger partial charge is 0.303 e. The van der Waals surface area contributed by atoms with Gasteiger partial charge in [-0.3, -0.25) is 9.69 Å². The highest BCUT2D eigenvalue weighted by atomic mass is 16.4. The Hall–Kier alpha value is -0.650. The summed E-state index contributed by atoms with van der Waals surface area (Å²) in [6.07, 6.45) is 3.62. The number of hydrogen-bond donors (Lipinski definition) is 3. The van der Waals surface area contributed by atoms with Gasteiger partial charge in [-0.2, -0.15) is 0 Å². The lowest BCUT2D eigenvalue weighted by Crippen LogP contribution is -2.47. The van der Waals surface area contributed by atoms with Crippen LogP contribution in [0.25, 0.3) is 0 Å². The molecule has 2 aliphatic heterocycles. The van der Waals surface area contributed by atoms with E-state index in [2.05, 4.69) is 4.90 Å². The summed E-state index contributed by atoms with van der Waals surface area (Å²) in [5.74, 6) is -0.425. The van der Waals surface area contributed by atoms with Gasteiger partial charge in [-0.1, -0.05) is 0 Å². The van der Waals surface area contributed by atoms with Gasteiger partial charge in [0.1, 0.15) is 0 Å². The van der Waals surface area contributed by atoms with Crippen molar-refractivity contribution >= 4 is 5.97 Å². The Kier molecular flexibility index (Phi) is 4.01. The Morgan fingerprint density at radius 1 is 1.29 bits per heavy atom. The average molecular weight is 243 g/mol. The van der Waals surface area contributed by atoms with Crippen molar-refractivity contribution in [1.29, 1.82) is 0 Å². The third-order valence-electron chi connectivity index (χ3n) is 4.08. The molecule has 2 saturated heterocycles. The third-order valence-corrected chi connectivity index (χ3v) is 4.08. The molecule has 0 aromatic carbocycles. The summed E-state index contributed by atoms with van der Waals surface area (Å²) in [5.41, 5.74) is 0. The van der Waals surface area contributed by atoms with Gasteiger partial charge in [-0.15, -0.1) is 0 Å². The molecule has 0 spiro atoms. The molecule has 3 N–H and O–H groups in total. The zero-order chi connectivity index (χ0) is 12.4. The number of carboxylic acid groups (broad SMARTS) is 1. The van der Waals surface area contributed by atoms with Crippen LogP contribution in [-0.4, -0.2) is 57.5 Å². The monoisotopic (exact) mass is 243 g/mol. The summed E-state index contributed by atoms with van der Waals surface area (Å²) in [4.78, 5) is 13.0. The van der Waals surface area contributed by atoms with Gasteiger partial charge < -0.3 is 15.3 Å². The van der Waals surface area contributed by atoms with Gasteiger partial charge in [0.05, 0.1) is 12.7 Å². The van der Waals surface area contributed by atoms with Crippen LogP contribution in [0.5, 0.6) is 0 Å². The lowest BCUT2D eigenvalue weighted by molar-refractivity contribution is -0.138. The molecule has 2 bridgehead atoms. The largest absolute Gasteiger partial charge is 0.481 e. The number of aliphatic carboxylic acids is 1. The van der Waals surface area contributed by atoms with Gasteiger partial charge in [0.15, 0.2) is 0 Å². The number of aliphatic hydroxyl groups excluding tert-OH is 2. The Morgan fingerprint density at radius 2 is 1.88 bits per heavy atom. The SMILES string of the molecule is O=C(O)CC1CC2CCC(C1)N2CC(O)CO. The molecule has 0 aromatic rings. The molecule has 3 unspecified atom stereocenters. The van der Waals surface area contributed by atoms with E-state index in [1.807, 2.05) is 0 Å². The van der Waals surface area contributed by atoms with Crippen molar-refractivity contribution in [3.8, 4) is 0 Å². The number of rotatable bonds is 5. The summed E-state index contributed by atoms with van der Waals surface area (Å²) in [6.45, 7) is 0.320. The van der Waals surface area contributed by atoms with Crippen molar-refractivity contribution in [3.63, 3.8) is 0 Å². The second kappa shape index (κ2) is 5.33. The number of nitrogens with zero attached hydrogens (tertiary/aromatic N) is 1. The maximum absolute atomic E-state index is 10.7. The second-order valence-electron chi connectivity index (χ2n) is 5.35. The van der Waals surface area contributed by atoms with Gasteiger partial charge in [-0.05, 0) is 31.6 Å². The predicted octanol–water partition coefficient (Wildman–Crippen LogP) is 0.0573. The van der Waals surface area contributed by atoms with Crippen LogP contribution in [-0.2, 0) is 4.79 Å². The Balaban J connectivity index is 1.91. The quantitative estimate of drug-likeness (QED) is 0.636. The maximum Gasteiger partial charge on any atom is 0.303 e. The molecule has 0 aromatic heterocycles. The number of aliphatic hydroxyl groups is 2. The van der Waals surface area contributed by atoms with Crippen LogP contribution in [0.15, 0.2) is 0 Å². The Bertz CT molecular complexity index is 270. The first-order valence-corrected chi connectivity index (χ1v) is 6.36. The number of carbonyl (C=O) groups is 1. The molecule has 0 radical (unpaired) electrons. The summed E-state index contributed by atoms with van der Waals surface area (Å²) >= 11 is 0. The van der Waals surface area contributed by atoms with E-state index in [4.69, 9.17) is 10.2 Å². The van der Waals surface area contributed by atoms with Crippen molar-refractivity contribution in [1.82, 2.24) is 4.90 Å². The van der Waals surface area contributed by atoms with E-state index < -0.39 is 12.1 Å². The highest BCUT2D eigenvalue weighted by Gasteiger charge is 2.41. The highest BCUT2D eigenvalue weighted by molar-refractivity contribution is 5.67. The molecule has 2 heterocycles. The minimum Gasteiger partial charge on any atom is -0.481 e. The predicted molar refractivity (Wildman–Crippen MR) is 61.6 cm³/mol. The normalized spacial score (nSPS) is 34.8. The van der Waals surface area contributed by atoms with Crippen molar-refractivity contribution in [2.75, 3.05) is 13.2 Å². The fourth-order valence-corrected chi connectivity index (χ4v) is 3.40. The summed E-state index contributed by atoms with van der Waals surface area (Å²) < 4.78 is 0. The highest BCUT2D eigenvalue weighted by Crippen LogP contribution is 2.39. The standard InChI is InChI=1S/C12H21NO4/c14-7-11(15)6-13-9-1-2-10(13)4-8(3-9)5-12(16)17/h8-11,14-15H,1-7H2,(H,16,17). The first-order valence-electron chi connectivity index (χ1n) is 6.36. The van der Waals surface area contributed by atoms with Crippen LogP contribution in [0.2, 0.25) is 0 Å². The van der Waals surface area contributed by atoms with Crippen molar-refractivity contribution in [2.45, 2.75) is 50.3 Å². The number of piperidine rings is 1. The van der Waals surface area contributed by atoms with Gasteiger partial charge >= 0.3 is 5.97 Å².